The quantitative estimate of drug-likeness (QED) is 0.149. The molecule has 0 spiro atoms. The summed E-state index contributed by atoms with van der Waals surface area (Å²) in [5.74, 6) is 7.38. The van der Waals surface area contributed by atoms with Gasteiger partial charge in [0, 0.05) is 10.0 Å². The Kier molecular flexibility index (Phi) is 7.53. The van der Waals surface area contributed by atoms with Gasteiger partial charge in [0.15, 0.2) is 17.3 Å². The Bertz CT molecular complexity index is 1100. The summed E-state index contributed by atoms with van der Waals surface area (Å²) in [4.78, 5) is 12.5. The molecule has 0 amide bonds. The standard InChI is InChI=1S/C20H21BrN6O3S/c1-12(13-4-7-15(21)8-5-13)23-24-19-25-26-20(27(19)22)31-11-16(28)14-6-9-17(29-2)18(10-14)30-3/h4-10H,11,22H2,1-3H3,(H,24,25)/b23-12-. The average molecular weight is 505 g/mol. The highest BCUT2D eigenvalue weighted by atomic mass is 79.9. The van der Waals surface area contributed by atoms with Gasteiger partial charge in [-0.3, -0.25) is 4.79 Å². The van der Waals surface area contributed by atoms with Crippen molar-refractivity contribution < 1.29 is 14.3 Å². The summed E-state index contributed by atoms with van der Waals surface area (Å²) in [6, 6.07) is 12.8. The molecule has 31 heavy (non-hydrogen) atoms. The van der Waals surface area contributed by atoms with Gasteiger partial charge in [-0.1, -0.05) is 39.8 Å². The van der Waals surface area contributed by atoms with E-state index in [9.17, 15) is 4.79 Å². The van der Waals surface area contributed by atoms with Gasteiger partial charge in [-0.05, 0) is 42.8 Å². The molecule has 0 radical (unpaired) electrons. The minimum absolute atomic E-state index is 0.104. The molecule has 1 aromatic heterocycles. The van der Waals surface area contributed by atoms with E-state index in [0.29, 0.717) is 22.2 Å². The van der Waals surface area contributed by atoms with Gasteiger partial charge in [-0.2, -0.15) is 5.10 Å². The SMILES string of the molecule is COc1ccc(C(=O)CSc2nnc(N/N=C(/C)c3ccc(Br)cc3)n2N)cc1OC. The first kappa shape index (κ1) is 22.6. The van der Waals surface area contributed by atoms with Gasteiger partial charge < -0.3 is 15.3 Å². The van der Waals surface area contributed by atoms with E-state index >= 15 is 0 Å². The smallest absolute Gasteiger partial charge is 0.264 e. The second-order valence-electron chi connectivity index (χ2n) is 6.27. The summed E-state index contributed by atoms with van der Waals surface area (Å²) in [5.41, 5.74) is 5.02. The number of carbonyl (C=O) groups is 1. The highest BCUT2D eigenvalue weighted by molar-refractivity contribution is 9.10. The van der Waals surface area contributed by atoms with Crippen LogP contribution in [0.2, 0.25) is 0 Å². The van der Waals surface area contributed by atoms with Gasteiger partial charge in [0.25, 0.3) is 5.95 Å². The minimum Gasteiger partial charge on any atom is -0.493 e. The number of ether oxygens (including phenoxy) is 2. The summed E-state index contributed by atoms with van der Waals surface area (Å²) >= 11 is 4.58. The zero-order valence-corrected chi connectivity index (χ0v) is 19.5. The Morgan fingerprint density at radius 2 is 1.81 bits per heavy atom. The van der Waals surface area contributed by atoms with E-state index in [-0.39, 0.29) is 17.5 Å². The molecule has 0 saturated carbocycles. The largest absolute Gasteiger partial charge is 0.493 e. The van der Waals surface area contributed by atoms with Crippen LogP contribution in [0.1, 0.15) is 22.8 Å². The van der Waals surface area contributed by atoms with E-state index in [1.807, 2.05) is 31.2 Å². The summed E-state index contributed by atoms with van der Waals surface area (Å²) < 4.78 is 12.7. The van der Waals surface area contributed by atoms with E-state index in [2.05, 4.69) is 36.7 Å². The molecule has 162 valence electrons. The summed E-state index contributed by atoms with van der Waals surface area (Å²) in [5, 5.41) is 12.7. The fourth-order valence-electron chi connectivity index (χ4n) is 2.56. The third-order valence-electron chi connectivity index (χ3n) is 4.29. The number of halogens is 1. The molecule has 0 fully saturated rings. The maximum Gasteiger partial charge on any atom is 0.264 e. The van der Waals surface area contributed by atoms with Crippen molar-refractivity contribution in [1.29, 1.82) is 0 Å². The summed E-state index contributed by atoms with van der Waals surface area (Å²) in [6.45, 7) is 1.87. The Morgan fingerprint density at radius 1 is 1.13 bits per heavy atom. The molecule has 0 aliphatic heterocycles. The molecular weight excluding hydrogens is 484 g/mol. The zero-order chi connectivity index (χ0) is 22.4. The number of carbonyl (C=O) groups excluding carboxylic acids is 1. The van der Waals surface area contributed by atoms with E-state index in [0.717, 1.165) is 15.7 Å². The fourth-order valence-corrected chi connectivity index (χ4v) is 3.58. The highest BCUT2D eigenvalue weighted by Crippen LogP contribution is 2.28. The van der Waals surface area contributed by atoms with E-state index in [4.69, 9.17) is 15.3 Å². The minimum atomic E-state index is -0.104. The number of rotatable bonds is 9. The number of nitrogens with zero attached hydrogens (tertiary/aromatic N) is 4. The lowest BCUT2D eigenvalue weighted by molar-refractivity contribution is 0.102. The monoisotopic (exact) mass is 504 g/mol. The van der Waals surface area contributed by atoms with Crippen LogP contribution in [0.25, 0.3) is 0 Å². The first-order valence-electron chi connectivity index (χ1n) is 9.07. The summed E-state index contributed by atoms with van der Waals surface area (Å²) in [6.07, 6.45) is 0. The molecule has 0 aliphatic rings. The molecule has 0 aliphatic carbocycles. The predicted molar refractivity (Wildman–Crippen MR) is 125 cm³/mol. The van der Waals surface area contributed by atoms with Crippen molar-refractivity contribution in [1.82, 2.24) is 14.9 Å². The average Bonchev–Trinajstić information content (AvgIpc) is 3.14. The number of anilines is 1. The molecule has 1 heterocycles. The molecule has 0 saturated heterocycles. The Hall–Kier alpha value is -3.05. The van der Waals surface area contributed by atoms with Gasteiger partial charge >= 0.3 is 0 Å². The number of nitrogens with one attached hydrogen (secondary N) is 1. The van der Waals surface area contributed by atoms with Crippen molar-refractivity contribution in [3.8, 4) is 11.5 Å². The lowest BCUT2D eigenvalue weighted by Gasteiger charge is -2.09. The Labute approximate surface area is 192 Å². The molecule has 11 heteroatoms. The van der Waals surface area contributed by atoms with Crippen molar-refractivity contribution in [2.24, 2.45) is 5.10 Å². The van der Waals surface area contributed by atoms with Gasteiger partial charge in [-0.15, -0.1) is 10.2 Å². The fraction of sp³-hybridized carbons (Fsp3) is 0.200. The van der Waals surface area contributed by atoms with Gasteiger partial charge in [0.05, 0.1) is 25.7 Å². The van der Waals surface area contributed by atoms with Crippen LogP contribution in [0.4, 0.5) is 5.95 Å². The van der Waals surface area contributed by atoms with Gasteiger partial charge in [-0.25, -0.2) is 10.1 Å². The van der Waals surface area contributed by atoms with E-state index < -0.39 is 0 Å². The number of aromatic nitrogens is 3. The number of ketones is 1. The van der Waals surface area contributed by atoms with Crippen molar-refractivity contribution in [2.75, 3.05) is 31.2 Å². The second kappa shape index (κ2) is 10.3. The highest BCUT2D eigenvalue weighted by Gasteiger charge is 2.15. The number of Topliss-reactive ketones (excluding diaryl/α,β-unsaturated/α-hetero) is 1. The molecule has 3 aromatic rings. The van der Waals surface area contributed by atoms with Crippen LogP contribution in [-0.4, -0.2) is 46.3 Å². The zero-order valence-electron chi connectivity index (χ0n) is 17.1. The number of nitrogens with two attached hydrogens (primary N) is 1. The maximum atomic E-state index is 12.5. The second-order valence-corrected chi connectivity index (χ2v) is 8.13. The van der Waals surface area contributed by atoms with Crippen LogP contribution in [0.15, 0.2) is 57.2 Å². The predicted octanol–water partition coefficient (Wildman–Crippen LogP) is 3.58. The van der Waals surface area contributed by atoms with Crippen molar-refractivity contribution in [3.05, 3.63) is 58.1 Å². The van der Waals surface area contributed by atoms with Crippen molar-refractivity contribution in [2.45, 2.75) is 12.1 Å². The van der Waals surface area contributed by atoms with Crippen LogP contribution < -0.4 is 20.7 Å². The van der Waals surface area contributed by atoms with Crippen LogP contribution in [0.5, 0.6) is 11.5 Å². The third kappa shape index (κ3) is 5.56. The number of thioether (sulfide) groups is 1. The molecular formula is C20H21BrN6O3S. The molecule has 0 unspecified atom stereocenters. The van der Waals surface area contributed by atoms with Gasteiger partial charge in [0.2, 0.25) is 5.16 Å². The van der Waals surface area contributed by atoms with Crippen LogP contribution in [0, 0.1) is 0 Å². The number of hydrogen-bond acceptors (Lipinski definition) is 9. The van der Waals surface area contributed by atoms with Gasteiger partial charge in [0.1, 0.15) is 0 Å². The Morgan fingerprint density at radius 3 is 2.48 bits per heavy atom. The van der Waals surface area contributed by atoms with Crippen LogP contribution in [-0.2, 0) is 0 Å². The van der Waals surface area contributed by atoms with Crippen molar-refractivity contribution in [3.63, 3.8) is 0 Å². The molecule has 3 N–H and O–H groups in total. The van der Waals surface area contributed by atoms with E-state index in [1.54, 1.807) is 25.3 Å². The molecule has 9 nitrogen and oxygen atoms in total. The van der Waals surface area contributed by atoms with Crippen LogP contribution >= 0.6 is 27.7 Å². The third-order valence-corrected chi connectivity index (χ3v) is 5.76. The molecule has 2 aromatic carbocycles. The van der Waals surface area contributed by atoms with Crippen LogP contribution in [0.3, 0.4) is 0 Å². The lowest BCUT2D eigenvalue weighted by atomic mass is 10.1. The van der Waals surface area contributed by atoms with Crippen molar-refractivity contribution >= 4 is 45.1 Å². The normalized spacial score (nSPS) is 11.3. The number of methoxy groups -OCH3 is 2. The first-order valence-corrected chi connectivity index (χ1v) is 10.9. The molecule has 0 atom stereocenters. The number of hydrazone groups is 1. The Balaban J connectivity index is 1.63. The number of hydrogen-bond donors (Lipinski definition) is 2. The number of nitrogen functional groups attached to an aromatic ring is 1. The topological polar surface area (TPSA) is 117 Å². The first-order chi connectivity index (χ1) is 14.9. The molecule has 0 bridgehead atoms. The number of benzene rings is 2. The maximum absolute atomic E-state index is 12.5. The van der Waals surface area contributed by atoms with E-state index in [1.165, 1.54) is 23.5 Å². The lowest BCUT2D eigenvalue weighted by Crippen LogP contribution is -2.14. The summed E-state index contributed by atoms with van der Waals surface area (Å²) in [7, 11) is 3.06. The molecule has 3 rings (SSSR count).